The van der Waals surface area contributed by atoms with Crippen LogP contribution in [0.5, 0.6) is 0 Å². The van der Waals surface area contributed by atoms with E-state index in [9.17, 15) is 0 Å². The first kappa shape index (κ1) is 10.4. The van der Waals surface area contributed by atoms with Gasteiger partial charge in [-0.2, -0.15) is 0 Å². The second-order valence-electron chi connectivity index (χ2n) is 3.19. The molecule has 0 N–H and O–H groups in total. The molecule has 0 saturated heterocycles. The van der Waals surface area contributed by atoms with Crippen molar-refractivity contribution < 1.29 is 0 Å². The molecule has 1 aromatic rings. The fraction of sp³-hybridized carbons (Fsp3) is 0.400. The van der Waals surface area contributed by atoms with Crippen molar-refractivity contribution in [3.63, 3.8) is 0 Å². The molecule has 66 valence electrons. The normalized spacial score (nSPS) is 13.4. The Morgan fingerprint density at radius 1 is 1.17 bits per heavy atom. The van der Waals surface area contributed by atoms with Gasteiger partial charge in [0, 0.05) is 0 Å². The van der Waals surface area contributed by atoms with Gasteiger partial charge in [0.15, 0.2) is 0 Å². The van der Waals surface area contributed by atoms with Crippen LogP contribution < -0.4 is 0 Å². The topological polar surface area (TPSA) is 0 Å². The summed E-state index contributed by atoms with van der Waals surface area (Å²) < 4.78 is 0.797. The number of hydrogen-bond donors (Lipinski definition) is 0. The molecule has 0 aromatic heterocycles. The molecule has 0 bridgehead atoms. The summed E-state index contributed by atoms with van der Waals surface area (Å²) in [5.74, 6) is 0. The predicted octanol–water partition coefficient (Wildman–Crippen LogP) is 3.74. The third kappa shape index (κ3) is 2.68. The van der Waals surface area contributed by atoms with E-state index in [0.717, 1.165) is 8.89 Å². The Labute approximate surface area is 86.9 Å². The number of benzene rings is 1. The summed E-state index contributed by atoms with van der Waals surface area (Å²) >= 11 is 4.87. The summed E-state index contributed by atoms with van der Waals surface area (Å²) in [6.07, 6.45) is 0. The van der Waals surface area contributed by atoms with E-state index in [2.05, 4.69) is 28.8 Å². The minimum absolute atomic E-state index is 0.797. The molecule has 0 spiro atoms. The summed E-state index contributed by atoms with van der Waals surface area (Å²) in [6.45, 7) is 2.33. The Bertz CT molecular complexity index is 241. The van der Waals surface area contributed by atoms with Crippen LogP contribution in [0, 0.1) is 0 Å². The van der Waals surface area contributed by atoms with Gasteiger partial charge in [-0.1, -0.05) is 0 Å². The van der Waals surface area contributed by atoms with Crippen LogP contribution in [0.2, 0.25) is 14.8 Å². The first-order valence-corrected chi connectivity index (χ1v) is 11.0. The van der Waals surface area contributed by atoms with E-state index in [1.165, 1.54) is 5.56 Å². The van der Waals surface area contributed by atoms with Crippen molar-refractivity contribution >= 4 is 31.8 Å². The van der Waals surface area contributed by atoms with Crippen molar-refractivity contribution in [2.45, 2.75) is 20.5 Å². The summed E-state index contributed by atoms with van der Waals surface area (Å²) in [5, 5.41) is 0.835. The SMILES string of the molecule is C[CH](c1ccc(Cl)cc1)[Sb]([CH3])[CH3]. The zero-order chi connectivity index (χ0) is 9.14. The Morgan fingerprint density at radius 2 is 1.67 bits per heavy atom. The zero-order valence-electron chi connectivity index (χ0n) is 7.71. The quantitative estimate of drug-likeness (QED) is 0.728. The monoisotopic (exact) mass is 290 g/mol. The van der Waals surface area contributed by atoms with Gasteiger partial charge in [-0.3, -0.25) is 0 Å². The van der Waals surface area contributed by atoms with Gasteiger partial charge in [-0.05, 0) is 0 Å². The van der Waals surface area contributed by atoms with Crippen molar-refractivity contribution in [3.8, 4) is 0 Å². The van der Waals surface area contributed by atoms with Crippen molar-refractivity contribution in [2.24, 2.45) is 0 Å². The first-order chi connectivity index (χ1) is 5.61. The van der Waals surface area contributed by atoms with Crippen molar-refractivity contribution in [2.75, 3.05) is 0 Å². The molecule has 0 amide bonds. The average Bonchev–Trinajstić information content (AvgIpc) is 2.04. The molecule has 12 heavy (non-hydrogen) atoms. The van der Waals surface area contributed by atoms with Crippen molar-refractivity contribution in [3.05, 3.63) is 34.9 Å². The average molecular weight is 291 g/mol. The van der Waals surface area contributed by atoms with Crippen LogP contribution in [0.1, 0.15) is 16.4 Å². The van der Waals surface area contributed by atoms with Crippen LogP contribution in [0.25, 0.3) is 0 Å². The summed E-state index contributed by atoms with van der Waals surface area (Å²) in [7, 11) is 0. The van der Waals surface area contributed by atoms with E-state index in [1.807, 2.05) is 12.1 Å². The van der Waals surface area contributed by atoms with Crippen LogP contribution in [0.4, 0.5) is 0 Å². The molecule has 1 unspecified atom stereocenters. The van der Waals surface area contributed by atoms with E-state index in [1.54, 1.807) is 0 Å². The van der Waals surface area contributed by atoms with Crippen LogP contribution in [0.3, 0.4) is 0 Å². The van der Waals surface area contributed by atoms with Gasteiger partial charge in [0.05, 0.1) is 0 Å². The maximum absolute atomic E-state index is 5.81. The van der Waals surface area contributed by atoms with Gasteiger partial charge in [0.1, 0.15) is 0 Å². The van der Waals surface area contributed by atoms with E-state index >= 15 is 0 Å². The number of halogens is 1. The summed E-state index contributed by atoms with van der Waals surface area (Å²) in [6, 6.07) is 8.27. The van der Waals surface area contributed by atoms with Gasteiger partial charge < -0.3 is 0 Å². The molecular weight excluding hydrogens is 277 g/mol. The van der Waals surface area contributed by atoms with E-state index in [0.29, 0.717) is 0 Å². The van der Waals surface area contributed by atoms with E-state index in [4.69, 9.17) is 11.6 Å². The second kappa shape index (κ2) is 4.53. The molecule has 2 heteroatoms. The van der Waals surface area contributed by atoms with Gasteiger partial charge in [0.25, 0.3) is 0 Å². The molecule has 0 aliphatic heterocycles. The molecule has 0 nitrogen and oxygen atoms in total. The minimum atomic E-state index is -0.946. The fourth-order valence-corrected chi connectivity index (χ4v) is 3.36. The van der Waals surface area contributed by atoms with Crippen LogP contribution in [-0.4, -0.2) is 20.2 Å². The fourth-order valence-electron chi connectivity index (χ4n) is 1.04. The number of hydrogen-bond acceptors (Lipinski definition) is 0. The molecule has 0 aliphatic rings. The van der Waals surface area contributed by atoms with E-state index in [-0.39, 0.29) is 0 Å². The Hall–Kier alpha value is 0.328. The second-order valence-corrected chi connectivity index (χ2v) is 11.3. The van der Waals surface area contributed by atoms with Crippen LogP contribution >= 0.6 is 11.6 Å². The molecule has 1 rings (SSSR count). The molecule has 0 heterocycles. The van der Waals surface area contributed by atoms with Crippen molar-refractivity contribution in [1.29, 1.82) is 0 Å². The summed E-state index contributed by atoms with van der Waals surface area (Å²) in [4.78, 5) is 4.84. The van der Waals surface area contributed by atoms with E-state index < -0.39 is 20.2 Å². The Kier molecular flexibility index (Phi) is 3.93. The maximum atomic E-state index is 5.81. The Morgan fingerprint density at radius 3 is 2.08 bits per heavy atom. The van der Waals surface area contributed by atoms with Gasteiger partial charge >= 0.3 is 87.2 Å². The van der Waals surface area contributed by atoms with Gasteiger partial charge in [-0.25, -0.2) is 0 Å². The van der Waals surface area contributed by atoms with Crippen LogP contribution in [-0.2, 0) is 0 Å². The molecular formula is C10H14ClSb. The van der Waals surface area contributed by atoms with Gasteiger partial charge in [-0.15, -0.1) is 0 Å². The molecule has 1 atom stereocenters. The standard InChI is InChI=1S/C8H8Cl.2CH3.Sb/c1-2-7-3-5-8(9)6-4-7;;;/h2-6H,1H3;2*1H3;. The zero-order valence-corrected chi connectivity index (χ0v) is 11.0. The molecule has 0 saturated carbocycles. The molecule has 0 aliphatic carbocycles. The number of rotatable bonds is 2. The third-order valence-corrected chi connectivity index (χ3v) is 7.65. The van der Waals surface area contributed by atoms with Crippen molar-refractivity contribution in [1.82, 2.24) is 0 Å². The summed E-state index contributed by atoms with van der Waals surface area (Å²) in [5.41, 5.74) is 1.45. The third-order valence-electron chi connectivity index (χ3n) is 2.13. The molecule has 1 aromatic carbocycles. The Balaban J connectivity index is 2.82. The molecule has 0 radical (unpaired) electrons. The van der Waals surface area contributed by atoms with Gasteiger partial charge in [0.2, 0.25) is 0 Å². The first-order valence-electron chi connectivity index (χ1n) is 4.03. The van der Waals surface area contributed by atoms with Crippen LogP contribution in [0.15, 0.2) is 24.3 Å². The molecule has 0 fully saturated rings. The predicted molar refractivity (Wildman–Crippen MR) is 57.3 cm³/mol.